The highest BCUT2D eigenvalue weighted by Gasteiger charge is 2.14. The normalized spacial score (nSPS) is 22.0. The standard InChI is InChI=1S/C13H23N3S2/c1-3-12-8-16-13(18-12)10(2)14-5-4-11-9-17-7-6-15-11/h8,10-11,14-15H,3-7,9H2,1-2H3. The molecule has 1 aliphatic heterocycles. The molecule has 1 aromatic heterocycles. The number of nitrogens with one attached hydrogen (secondary N) is 2. The lowest BCUT2D eigenvalue weighted by Crippen LogP contribution is -2.39. The van der Waals surface area contributed by atoms with Crippen molar-refractivity contribution in [3.8, 4) is 0 Å². The molecule has 2 heterocycles. The van der Waals surface area contributed by atoms with E-state index in [2.05, 4.69) is 41.2 Å². The summed E-state index contributed by atoms with van der Waals surface area (Å²) in [6, 6.07) is 1.07. The molecule has 0 saturated carbocycles. The third kappa shape index (κ3) is 4.23. The van der Waals surface area contributed by atoms with Gasteiger partial charge in [-0.2, -0.15) is 11.8 Å². The number of nitrogens with zero attached hydrogens (tertiary/aromatic N) is 1. The highest BCUT2D eigenvalue weighted by atomic mass is 32.2. The van der Waals surface area contributed by atoms with Crippen molar-refractivity contribution in [3.05, 3.63) is 16.1 Å². The fraction of sp³-hybridized carbons (Fsp3) is 0.769. The summed E-state index contributed by atoms with van der Waals surface area (Å²) in [6.45, 7) is 6.63. The Kier molecular flexibility index (Phi) is 5.95. The summed E-state index contributed by atoms with van der Waals surface area (Å²) in [5, 5.41) is 8.37. The number of thiazole rings is 1. The van der Waals surface area contributed by atoms with Crippen LogP contribution in [-0.2, 0) is 6.42 Å². The van der Waals surface area contributed by atoms with Gasteiger partial charge in [0, 0.05) is 35.2 Å². The number of aryl methyl sites for hydroxylation is 1. The maximum atomic E-state index is 4.49. The van der Waals surface area contributed by atoms with Crippen LogP contribution in [0.2, 0.25) is 0 Å². The van der Waals surface area contributed by atoms with Crippen LogP contribution in [-0.4, -0.2) is 35.6 Å². The highest BCUT2D eigenvalue weighted by molar-refractivity contribution is 7.99. The van der Waals surface area contributed by atoms with Gasteiger partial charge < -0.3 is 10.6 Å². The Labute approximate surface area is 118 Å². The molecule has 1 aliphatic rings. The monoisotopic (exact) mass is 285 g/mol. The van der Waals surface area contributed by atoms with Crippen LogP contribution in [0.4, 0.5) is 0 Å². The van der Waals surface area contributed by atoms with Gasteiger partial charge in [0.2, 0.25) is 0 Å². The van der Waals surface area contributed by atoms with Crippen molar-refractivity contribution in [3.63, 3.8) is 0 Å². The zero-order valence-electron chi connectivity index (χ0n) is 11.2. The maximum Gasteiger partial charge on any atom is 0.109 e. The molecule has 18 heavy (non-hydrogen) atoms. The van der Waals surface area contributed by atoms with Gasteiger partial charge in [-0.05, 0) is 26.3 Å². The van der Waals surface area contributed by atoms with Gasteiger partial charge in [0.15, 0.2) is 0 Å². The molecule has 1 aromatic rings. The second-order valence-electron chi connectivity index (χ2n) is 4.71. The van der Waals surface area contributed by atoms with Crippen molar-refractivity contribution >= 4 is 23.1 Å². The SMILES string of the molecule is CCc1cnc(C(C)NCCC2CSCCN2)s1. The molecular weight excluding hydrogens is 262 g/mol. The third-order valence-corrected chi connectivity index (χ3v) is 5.69. The van der Waals surface area contributed by atoms with Crippen LogP contribution in [0.3, 0.4) is 0 Å². The van der Waals surface area contributed by atoms with E-state index < -0.39 is 0 Å². The first-order valence-corrected chi connectivity index (χ1v) is 8.75. The lowest BCUT2D eigenvalue weighted by molar-refractivity contribution is 0.478. The van der Waals surface area contributed by atoms with Crippen molar-refractivity contribution < 1.29 is 0 Å². The molecule has 0 bridgehead atoms. The van der Waals surface area contributed by atoms with E-state index in [-0.39, 0.29) is 0 Å². The maximum absolute atomic E-state index is 4.49. The molecule has 5 heteroatoms. The first kappa shape index (κ1) is 14.3. The van der Waals surface area contributed by atoms with E-state index in [1.54, 1.807) is 0 Å². The molecule has 0 aliphatic carbocycles. The second kappa shape index (κ2) is 7.48. The summed E-state index contributed by atoms with van der Waals surface area (Å²) in [5.41, 5.74) is 0. The van der Waals surface area contributed by atoms with Gasteiger partial charge in [-0.25, -0.2) is 4.98 Å². The van der Waals surface area contributed by atoms with Gasteiger partial charge in [-0.3, -0.25) is 0 Å². The first-order valence-electron chi connectivity index (χ1n) is 6.78. The zero-order valence-corrected chi connectivity index (χ0v) is 12.9. The third-order valence-electron chi connectivity index (χ3n) is 3.23. The first-order chi connectivity index (χ1) is 8.79. The molecule has 3 nitrogen and oxygen atoms in total. The van der Waals surface area contributed by atoms with E-state index in [4.69, 9.17) is 0 Å². The van der Waals surface area contributed by atoms with E-state index >= 15 is 0 Å². The van der Waals surface area contributed by atoms with Gasteiger partial charge >= 0.3 is 0 Å². The molecule has 0 aromatic carbocycles. The van der Waals surface area contributed by atoms with Crippen molar-refractivity contribution in [2.75, 3.05) is 24.6 Å². The Morgan fingerprint density at radius 1 is 1.61 bits per heavy atom. The summed E-state index contributed by atoms with van der Waals surface area (Å²) in [7, 11) is 0. The Morgan fingerprint density at radius 2 is 2.50 bits per heavy atom. The van der Waals surface area contributed by atoms with E-state index in [0.717, 1.165) is 19.5 Å². The average Bonchev–Trinajstić information content (AvgIpc) is 2.89. The fourth-order valence-electron chi connectivity index (χ4n) is 2.05. The van der Waals surface area contributed by atoms with Crippen LogP contribution >= 0.6 is 23.1 Å². The number of hydrogen-bond acceptors (Lipinski definition) is 5. The number of thioether (sulfide) groups is 1. The summed E-state index contributed by atoms with van der Waals surface area (Å²) in [6.07, 6.45) is 4.31. The minimum Gasteiger partial charge on any atom is -0.312 e. The molecule has 2 unspecified atom stereocenters. The fourth-order valence-corrected chi connectivity index (χ4v) is 3.93. The molecule has 2 rings (SSSR count). The topological polar surface area (TPSA) is 37.0 Å². The molecular formula is C13H23N3S2. The van der Waals surface area contributed by atoms with Crippen LogP contribution in [0, 0.1) is 0 Å². The molecule has 2 N–H and O–H groups in total. The van der Waals surface area contributed by atoms with Crippen LogP contribution in [0.25, 0.3) is 0 Å². The smallest absolute Gasteiger partial charge is 0.109 e. The molecule has 1 saturated heterocycles. The highest BCUT2D eigenvalue weighted by Crippen LogP contribution is 2.20. The van der Waals surface area contributed by atoms with Gasteiger partial charge in [-0.1, -0.05) is 6.92 Å². The molecule has 0 amide bonds. The summed E-state index contributed by atoms with van der Waals surface area (Å²) >= 11 is 3.90. The van der Waals surface area contributed by atoms with Gasteiger partial charge in [0.25, 0.3) is 0 Å². The predicted octanol–water partition coefficient (Wildman–Crippen LogP) is 2.45. The number of rotatable bonds is 6. The summed E-state index contributed by atoms with van der Waals surface area (Å²) < 4.78 is 0. The van der Waals surface area contributed by atoms with E-state index in [9.17, 15) is 0 Å². The number of aromatic nitrogens is 1. The Bertz CT molecular complexity index is 348. The van der Waals surface area contributed by atoms with Crippen LogP contribution in [0.5, 0.6) is 0 Å². The number of hydrogen-bond donors (Lipinski definition) is 2. The summed E-state index contributed by atoms with van der Waals surface area (Å²) in [4.78, 5) is 5.87. The molecule has 1 fully saturated rings. The molecule has 0 spiro atoms. The Balaban J connectivity index is 1.69. The van der Waals surface area contributed by atoms with Crippen molar-refractivity contribution in [1.29, 1.82) is 0 Å². The second-order valence-corrected chi connectivity index (χ2v) is 7.01. The van der Waals surface area contributed by atoms with Crippen LogP contribution in [0.1, 0.15) is 36.2 Å². The van der Waals surface area contributed by atoms with Crippen molar-refractivity contribution in [1.82, 2.24) is 15.6 Å². The summed E-state index contributed by atoms with van der Waals surface area (Å²) in [5.74, 6) is 2.52. The predicted molar refractivity (Wildman–Crippen MR) is 81.6 cm³/mol. The molecule has 2 atom stereocenters. The van der Waals surface area contributed by atoms with Gasteiger partial charge in [0.05, 0.1) is 6.04 Å². The van der Waals surface area contributed by atoms with Crippen LogP contribution in [0.15, 0.2) is 6.20 Å². The van der Waals surface area contributed by atoms with E-state index in [1.165, 1.54) is 27.8 Å². The average molecular weight is 285 g/mol. The molecule has 102 valence electrons. The Morgan fingerprint density at radius 3 is 3.17 bits per heavy atom. The largest absolute Gasteiger partial charge is 0.312 e. The quantitative estimate of drug-likeness (QED) is 0.842. The minimum atomic E-state index is 0.381. The van der Waals surface area contributed by atoms with Crippen LogP contribution < -0.4 is 10.6 Å². The molecule has 0 radical (unpaired) electrons. The van der Waals surface area contributed by atoms with E-state index in [1.807, 2.05) is 17.5 Å². The van der Waals surface area contributed by atoms with Crippen molar-refractivity contribution in [2.45, 2.75) is 38.8 Å². The minimum absolute atomic E-state index is 0.381. The lowest BCUT2D eigenvalue weighted by Gasteiger charge is -2.23. The zero-order chi connectivity index (χ0) is 12.8. The van der Waals surface area contributed by atoms with Gasteiger partial charge in [-0.15, -0.1) is 11.3 Å². The van der Waals surface area contributed by atoms with Crippen molar-refractivity contribution in [2.24, 2.45) is 0 Å². The Hall–Kier alpha value is -0.100. The lowest BCUT2D eigenvalue weighted by atomic mass is 10.2. The van der Waals surface area contributed by atoms with Gasteiger partial charge in [0.1, 0.15) is 5.01 Å². The van der Waals surface area contributed by atoms with E-state index in [0.29, 0.717) is 12.1 Å².